The lowest BCUT2D eigenvalue weighted by Crippen LogP contribution is -2.48. The van der Waals surface area contributed by atoms with Crippen LogP contribution >= 0.6 is 15.9 Å². The van der Waals surface area contributed by atoms with Crippen molar-refractivity contribution < 1.29 is 5.11 Å². The van der Waals surface area contributed by atoms with Gasteiger partial charge >= 0.3 is 0 Å². The fraction of sp³-hybridized carbons (Fsp3) is 0.211. The quantitative estimate of drug-likeness (QED) is 0.842. The zero-order valence-electron chi connectivity index (χ0n) is 13.7. The molecule has 0 aromatic heterocycles. The van der Waals surface area contributed by atoms with Crippen LogP contribution in [0.5, 0.6) is 0 Å². The molecule has 2 aromatic carbocycles. The summed E-state index contributed by atoms with van der Waals surface area (Å²) in [5.41, 5.74) is 4.40. The summed E-state index contributed by atoms with van der Waals surface area (Å²) in [5.74, 6) is 0.642. The highest BCUT2D eigenvalue weighted by Gasteiger charge is 2.34. The van der Waals surface area contributed by atoms with E-state index >= 15 is 0 Å². The molecular formula is C19H17BrN4O. The molecule has 1 unspecified atom stereocenters. The van der Waals surface area contributed by atoms with Crippen LogP contribution in [0.15, 0.2) is 68.2 Å². The number of rotatable bonds is 2. The second kappa shape index (κ2) is 6.54. The zero-order chi connectivity index (χ0) is 17.4. The summed E-state index contributed by atoms with van der Waals surface area (Å²) < 4.78 is 0.889. The van der Waals surface area contributed by atoms with E-state index in [9.17, 15) is 5.11 Å². The van der Waals surface area contributed by atoms with Crippen LogP contribution in [0.4, 0.5) is 5.69 Å². The first-order chi connectivity index (χ1) is 12.2. The number of aliphatic hydroxyl groups is 1. The summed E-state index contributed by atoms with van der Waals surface area (Å²) in [5, 5.41) is 19.4. The Kier molecular flexibility index (Phi) is 4.23. The number of aliphatic hydroxyl groups excluding tert-OH is 1. The van der Waals surface area contributed by atoms with Gasteiger partial charge in [0.2, 0.25) is 0 Å². The second-order valence-electron chi connectivity index (χ2n) is 5.87. The van der Waals surface area contributed by atoms with E-state index in [1.165, 1.54) is 0 Å². The third kappa shape index (κ3) is 2.71. The third-order valence-electron chi connectivity index (χ3n) is 4.39. The molecule has 0 saturated carbocycles. The van der Waals surface area contributed by atoms with Gasteiger partial charge in [0.25, 0.3) is 0 Å². The number of halogens is 1. The Morgan fingerprint density at radius 3 is 2.68 bits per heavy atom. The monoisotopic (exact) mass is 396 g/mol. The molecule has 0 spiro atoms. The van der Waals surface area contributed by atoms with E-state index in [0.717, 1.165) is 27.0 Å². The maximum atomic E-state index is 10.9. The van der Waals surface area contributed by atoms with Crippen molar-refractivity contribution in [3.05, 3.63) is 64.1 Å². The Morgan fingerprint density at radius 1 is 1.12 bits per heavy atom. The fourth-order valence-corrected chi connectivity index (χ4v) is 3.71. The zero-order valence-corrected chi connectivity index (χ0v) is 15.3. The largest absolute Gasteiger partial charge is 0.368 e. The van der Waals surface area contributed by atoms with E-state index in [-0.39, 0.29) is 0 Å². The molecule has 1 atom stereocenters. The Balaban J connectivity index is 1.94. The molecule has 4 rings (SSSR count). The number of amidine groups is 1. The SMILES string of the molecule is CCC1=NN=C2CN=C(c3ccccc3)c3cccc(Br)c3N2C1O. The van der Waals surface area contributed by atoms with Crippen LogP contribution in [0.25, 0.3) is 0 Å². The van der Waals surface area contributed by atoms with Gasteiger partial charge in [0.05, 0.1) is 23.7 Å². The van der Waals surface area contributed by atoms with Crippen LogP contribution in [0.2, 0.25) is 0 Å². The molecular weight excluding hydrogens is 380 g/mol. The number of fused-ring (bicyclic) bond motifs is 3. The minimum Gasteiger partial charge on any atom is -0.368 e. The maximum absolute atomic E-state index is 10.9. The highest BCUT2D eigenvalue weighted by Crippen LogP contribution is 2.36. The normalized spacial score (nSPS) is 19.2. The highest BCUT2D eigenvalue weighted by atomic mass is 79.9. The average Bonchev–Trinajstić information content (AvgIpc) is 2.81. The Hall–Kier alpha value is -2.31. The van der Waals surface area contributed by atoms with Crippen molar-refractivity contribution in [2.75, 3.05) is 11.4 Å². The van der Waals surface area contributed by atoms with Crippen LogP contribution in [-0.2, 0) is 0 Å². The van der Waals surface area contributed by atoms with Crippen molar-refractivity contribution in [3.8, 4) is 0 Å². The first-order valence-corrected chi connectivity index (χ1v) is 8.99. The molecule has 5 nitrogen and oxygen atoms in total. The van der Waals surface area contributed by atoms with Gasteiger partial charge < -0.3 is 5.11 Å². The van der Waals surface area contributed by atoms with Crippen molar-refractivity contribution in [3.63, 3.8) is 0 Å². The molecule has 0 aliphatic carbocycles. The molecule has 2 aliphatic heterocycles. The molecule has 0 bridgehead atoms. The number of nitrogens with zero attached hydrogens (tertiary/aromatic N) is 4. The summed E-state index contributed by atoms with van der Waals surface area (Å²) in [7, 11) is 0. The van der Waals surface area contributed by atoms with Crippen LogP contribution in [0.1, 0.15) is 24.5 Å². The molecule has 0 saturated heterocycles. The molecule has 0 amide bonds. The third-order valence-corrected chi connectivity index (χ3v) is 5.03. The second-order valence-corrected chi connectivity index (χ2v) is 6.73. The van der Waals surface area contributed by atoms with E-state index in [2.05, 4.69) is 26.1 Å². The Bertz CT molecular complexity index is 905. The van der Waals surface area contributed by atoms with Gasteiger partial charge in [-0.2, -0.15) is 5.10 Å². The summed E-state index contributed by atoms with van der Waals surface area (Å²) in [6, 6.07) is 16.0. The lowest BCUT2D eigenvalue weighted by molar-refractivity contribution is 0.246. The number of anilines is 1. The topological polar surface area (TPSA) is 60.5 Å². The number of hydrogen-bond acceptors (Lipinski definition) is 5. The van der Waals surface area contributed by atoms with E-state index in [0.29, 0.717) is 24.5 Å². The summed E-state index contributed by atoms with van der Waals surface area (Å²) >= 11 is 3.65. The van der Waals surface area contributed by atoms with Crippen molar-refractivity contribution in [1.29, 1.82) is 0 Å². The van der Waals surface area contributed by atoms with E-state index in [4.69, 9.17) is 4.99 Å². The summed E-state index contributed by atoms with van der Waals surface area (Å²) in [6.07, 6.45) is -0.194. The van der Waals surface area contributed by atoms with E-state index < -0.39 is 6.23 Å². The molecule has 25 heavy (non-hydrogen) atoms. The van der Waals surface area contributed by atoms with E-state index in [1.807, 2.05) is 60.4 Å². The average molecular weight is 397 g/mol. The lowest BCUT2D eigenvalue weighted by atomic mass is 10.00. The number of aliphatic imine (C=N–C) groups is 1. The standard InChI is InChI=1S/C19H17BrN4O/c1-2-15-19(25)24-16(23-22-15)11-21-17(12-7-4-3-5-8-12)13-9-6-10-14(20)18(13)24/h3-10,19,25H,2,11H2,1H3. The molecule has 0 radical (unpaired) electrons. The molecule has 2 aromatic rings. The van der Waals surface area contributed by atoms with Crippen LogP contribution in [0.3, 0.4) is 0 Å². The Morgan fingerprint density at radius 2 is 1.92 bits per heavy atom. The first-order valence-electron chi connectivity index (χ1n) is 8.20. The predicted molar refractivity (Wildman–Crippen MR) is 105 cm³/mol. The molecule has 6 heteroatoms. The van der Waals surface area contributed by atoms with Gasteiger partial charge in [-0.05, 0) is 28.4 Å². The van der Waals surface area contributed by atoms with Crippen LogP contribution in [0, 0.1) is 0 Å². The lowest BCUT2D eigenvalue weighted by Gasteiger charge is -2.33. The predicted octanol–water partition coefficient (Wildman–Crippen LogP) is 3.60. The number of benzene rings is 2. The van der Waals surface area contributed by atoms with Gasteiger partial charge in [0, 0.05) is 15.6 Å². The van der Waals surface area contributed by atoms with Gasteiger partial charge in [-0.15, -0.1) is 5.10 Å². The van der Waals surface area contributed by atoms with Gasteiger partial charge in [0.1, 0.15) is 0 Å². The fourth-order valence-electron chi connectivity index (χ4n) is 3.15. The van der Waals surface area contributed by atoms with Gasteiger partial charge in [0.15, 0.2) is 12.1 Å². The van der Waals surface area contributed by atoms with Gasteiger partial charge in [-0.25, -0.2) is 0 Å². The smallest absolute Gasteiger partial charge is 0.173 e. The molecule has 1 N–H and O–H groups in total. The minimum absolute atomic E-state index is 0.364. The van der Waals surface area contributed by atoms with Gasteiger partial charge in [-0.1, -0.05) is 49.4 Å². The van der Waals surface area contributed by atoms with Crippen molar-refractivity contribution >= 4 is 38.9 Å². The first kappa shape index (κ1) is 16.2. The van der Waals surface area contributed by atoms with Crippen LogP contribution in [-0.4, -0.2) is 35.1 Å². The van der Waals surface area contributed by atoms with E-state index in [1.54, 1.807) is 0 Å². The van der Waals surface area contributed by atoms with Crippen LogP contribution < -0.4 is 4.90 Å². The van der Waals surface area contributed by atoms with Gasteiger partial charge in [-0.3, -0.25) is 9.89 Å². The summed E-state index contributed by atoms with van der Waals surface area (Å²) in [4.78, 5) is 6.63. The Labute approximate surface area is 154 Å². The maximum Gasteiger partial charge on any atom is 0.173 e. The highest BCUT2D eigenvalue weighted by molar-refractivity contribution is 9.10. The number of hydrogen-bond donors (Lipinski definition) is 1. The van der Waals surface area contributed by atoms with Crippen molar-refractivity contribution in [1.82, 2.24) is 0 Å². The van der Waals surface area contributed by atoms with Crippen molar-refractivity contribution in [2.45, 2.75) is 19.6 Å². The van der Waals surface area contributed by atoms with Crippen molar-refractivity contribution in [2.24, 2.45) is 15.2 Å². The molecule has 2 aliphatic rings. The number of para-hydroxylation sites is 1. The minimum atomic E-state index is -0.833. The molecule has 0 fully saturated rings. The molecule has 2 heterocycles. The summed E-state index contributed by atoms with van der Waals surface area (Å²) in [6.45, 7) is 2.33. The molecule has 126 valence electrons.